The molecule has 128 valence electrons. The summed E-state index contributed by atoms with van der Waals surface area (Å²) in [6.45, 7) is 5.08. The highest BCUT2D eigenvalue weighted by Crippen LogP contribution is 2.32. The first kappa shape index (κ1) is 16.9. The van der Waals surface area contributed by atoms with Gasteiger partial charge in [0.25, 0.3) is 0 Å². The van der Waals surface area contributed by atoms with Crippen LogP contribution in [0.15, 0.2) is 30.3 Å². The molecule has 2 aromatic rings. The number of hydrogen-bond acceptors (Lipinski definition) is 4. The van der Waals surface area contributed by atoms with Gasteiger partial charge in [0.2, 0.25) is 0 Å². The fourth-order valence-corrected chi connectivity index (χ4v) is 4.03. The number of hydrogen-bond donors (Lipinski definition) is 2. The highest BCUT2D eigenvalue weighted by molar-refractivity contribution is 7.19. The van der Waals surface area contributed by atoms with Crippen LogP contribution >= 0.6 is 11.3 Å². The van der Waals surface area contributed by atoms with Crippen molar-refractivity contribution in [2.75, 3.05) is 18.4 Å². The van der Waals surface area contributed by atoms with E-state index in [9.17, 15) is 9.90 Å². The standard InChI is InChI=1S/C18H23N3O2S/c1-12-16(14-7-4-3-5-8-14)24-17(19-12)20-18(23)21-10-6-9-15(11-21)13(2)22/h3-5,7-8,13,15,22H,6,9-11H2,1-2H3,(H,19,20,23). The molecule has 0 bridgehead atoms. The molecular weight excluding hydrogens is 322 g/mol. The van der Waals surface area contributed by atoms with Gasteiger partial charge < -0.3 is 10.0 Å². The van der Waals surface area contributed by atoms with Crippen molar-refractivity contribution in [2.24, 2.45) is 5.92 Å². The number of rotatable bonds is 3. The number of piperidine rings is 1. The minimum Gasteiger partial charge on any atom is -0.393 e. The van der Waals surface area contributed by atoms with Gasteiger partial charge >= 0.3 is 6.03 Å². The molecule has 3 rings (SSSR count). The maximum absolute atomic E-state index is 12.5. The Labute approximate surface area is 146 Å². The summed E-state index contributed by atoms with van der Waals surface area (Å²) >= 11 is 1.49. The van der Waals surface area contributed by atoms with E-state index < -0.39 is 0 Å². The molecule has 1 saturated heterocycles. The van der Waals surface area contributed by atoms with Crippen LogP contribution in [0.2, 0.25) is 0 Å². The second-order valence-electron chi connectivity index (χ2n) is 6.32. The van der Waals surface area contributed by atoms with Gasteiger partial charge in [-0.1, -0.05) is 41.7 Å². The predicted molar refractivity (Wildman–Crippen MR) is 97.3 cm³/mol. The molecule has 1 aromatic heterocycles. The van der Waals surface area contributed by atoms with Crippen molar-refractivity contribution in [1.82, 2.24) is 9.88 Å². The zero-order valence-corrected chi connectivity index (χ0v) is 14.8. The summed E-state index contributed by atoms with van der Waals surface area (Å²) in [4.78, 5) is 19.8. The lowest BCUT2D eigenvalue weighted by atomic mass is 9.94. The monoisotopic (exact) mass is 345 g/mol. The molecule has 1 aliphatic rings. The Morgan fingerprint density at radius 2 is 2.17 bits per heavy atom. The first-order valence-electron chi connectivity index (χ1n) is 8.31. The van der Waals surface area contributed by atoms with E-state index in [1.165, 1.54) is 11.3 Å². The van der Waals surface area contributed by atoms with Crippen LogP contribution < -0.4 is 5.32 Å². The van der Waals surface area contributed by atoms with E-state index in [4.69, 9.17) is 0 Å². The van der Waals surface area contributed by atoms with Crippen LogP contribution in [0.4, 0.5) is 9.93 Å². The van der Waals surface area contributed by atoms with Crippen LogP contribution in [0.5, 0.6) is 0 Å². The molecule has 2 heterocycles. The van der Waals surface area contributed by atoms with Gasteiger partial charge in [0.15, 0.2) is 5.13 Å². The second-order valence-corrected chi connectivity index (χ2v) is 7.32. The number of urea groups is 1. The van der Waals surface area contributed by atoms with E-state index in [0.717, 1.165) is 35.5 Å². The zero-order valence-electron chi connectivity index (χ0n) is 14.0. The Morgan fingerprint density at radius 1 is 1.42 bits per heavy atom. The van der Waals surface area contributed by atoms with Crippen molar-refractivity contribution in [1.29, 1.82) is 0 Å². The number of carbonyl (C=O) groups is 1. The zero-order chi connectivity index (χ0) is 17.1. The lowest BCUT2D eigenvalue weighted by Crippen LogP contribution is -2.44. The van der Waals surface area contributed by atoms with Gasteiger partial charge in [0.05, 0.1) is 16.7 Å². The summed E-state index contributed by atoms with van der Waals surface area (Å²) in [6.07, 6.45) is 1.51. The minimum absolute atomic E-state index is 0.131. The molecule has 0 spiro atoms. The molecule has 24 heavy (non-hydrogen) atoms. The molecule has 2 unspecified atom stereocenters. The lowest BCUT2D eigenvalue weighted by molar-refractivity contribution is 0.0766. The lowest BCUT2D eigenvalue weighted by Gasteiger charge is -2.33. The number of aryl methyl sites for hydroxylation is 1. The summed E-state index contributed by atoms with van der Waals surface area (Å²) in [7, 11) is 0. The average Bonchev–Trinajstić information content (AvgIpc) is 2.96. The molecule has 1 fully saturated rings. The molecule has 2 atom stereocenters. The van der Waals surface area contributed by atoms with Gasteiger partial charge in [0.1, 0.15) is 0 Å². The van der Waals surface area contributed by atoms with Crippen LogP contribution in [-0.2, 0) is 0 Å². The Bertz CT molecular complexity index is 700. The smallest absolute Gasteiger partial charge is 0.323 e. The first-order chi connectivity index (χ1) is 11.5. The highest BCUT2D eigenvalue weighted by atomic mass is 32.1. The Hall–Kier alpha value is -1.92. The van der Waals surface area contributed by atoms with Crippen molar-refractivity contribution >= 4 is 22.5 Å². The van der Waals surface area contributed by atoms with Gasteiger partial charge in [-0.3, -0.25) is 5.32 Å². The Balaban J connectivity index is 1.69. The van der Waals surface area contributed by atoms with E-state index in [2.05, 4.69) is 10.3 Å². The molecule has 5 nitrogen and oxygen atoms in total. The Kier molecular flexibility index (Phi) is 5.16. The molecule has 1 aromatic carbocycles. The normalized spacial score (nSPS) is 19.1. The summed E-state index contributed by atoms with van der Waals surface area (Å²) in [5.74, 6) is 0.155. The third-order valence-corrected chi connectivity index (χ3v) is 5.60. The van der Waals surface area contributed by atoms with Crippen molar-refractivity contribution < 1.29 is 9.90 Å². The van der Waals surface area contributed by atoms with E-state index in [1.54, 1.807) is 11.8 Å². The quantitative estimate of drug-likeness (QED) is 0.890. The third-order valence-electron chi connectivity index (χ3n) is 4.47. The van der Waals surface area contributed by atoms with Crippen molar-refractivity contribution in [3.8, 4) is 10.4 Å². The number of aliphatic hydroxyl groups is 1. The van der Waals surface area contributed by atoms with E-state index >= 15 is 0 Å². The van der Waals surface area contributed by atoms with E-state index in [0.29, 0.717) is 11.7 Å². The first-order valence-corrected chi connectivity index (χ1v) is 9.13. The molecule has 1 aliphatic heterocycles. The number of likely N-dealkylation sites (tertiary alicyclic amines) is 1. The molecule has 0 aliphatic carbocycles. The summed E-state index contributed by atoms with van der Waals surface area (Å²) < 4.78 is 0. The van der Waals surface area contributed by atoms with Crippen LogP contribution in [-0.4, -0.2) is 40.2 Å². The van der Waals surface area contributed by atoms with Gasteiger partial charge in [0, 0.05) is 19.0 Å². The number of thiazole rings is 1. The largest absolute Gasteiger partial charge is 0.393 e. The van der Waals surface area contributed by atoms with Gasteiger partial charge in [-0.05, 0) is 32.3 Å². The number of aliphatic hydroxyl groups excluding tert-OH is 1. The topological polar surface area (TPSA) is 65.5 Å². The van der Waals surface area contributed by atoms with Crippen LogP contribution in [0.25, 0.3) is 10.4 Å². The van der Waals surface area contributed by atoms with Crippen LogP contribution in [0.1, 0.15) is 25.5 Å². The molecule has 6 heteroatoms. The number of nitrogens with one attached hydrogen (secondary N) is 1. The van der Waals surface area contributed by atoms with Crippen molar-refractivity contribution in [2.45, 2.75) is 32.8 Å². The fourth-order valence-electron chi connectivity index (χ4n) is 3.07. The maximum Gasteiger partial charge on any atom is 0.323 e. The summed E-state index contributed by atoms with van der Waals surface area (Å²) in [6, 6.07) is 9.94. The minimum atomic E-state index is -0.382. The molecule has 2 N–H and O–H groups in total. The number of amides is 2. The van der Waals surface area contributed by atoms with Gasteiger partial charge in [-0.15, -0.1) is 0 Å². The SMILES string of the molecule is Cc1nc(NC(=O)N2CCCC(C(C)O)C2)sc1-c1ccccc1. The number of anilines is 1. The molecule has 2 amide bonds. The number of carbonyl (C=O) groups excluding carboxylic acids is 1. The predicted octanol–water partition coefficient (Wildman–Crippen LogP) is 3.74. The van der Waals surface area contributed by atoms with Gasteiger partial charge in [-0.25, -0.2) is 9.78 Å². The molecule has 0 radical (unpaired) electrons. The average molecular weight is 345 g/mol. The van der Waals surface area contributed by atoms with Crippen LogP contribution in [0, 0.1) is 12.8 Å². The summed E-state index contributed by atoms with van der Waals surface area (Å²) in [5.41, 5.74) is 2.03. The van der Waals surface area contributed by atoms with Crippen molar-refractivity contribution in [3.05, 3.63) is 36.0 Å². The highest BCUT2D eigenvalue weighted by Gasteiger charge is 2.27. The number of nitrogens with zero attached hydrogens (tertiary/aromatic N) is 2. The number of aromatic nitrogens is 1. The van der Waals surface area contributed by atoms with Crippen molar-refractivity contribution in [3.63, 3.8) is 0 Å². The second kappa shape index (κ2) is 7.32. The van der Waals surface area contributed by atoms with Crippen LogP contribution in [0.3, 0.4) is 0 Å². The molecule has 0 saturated carbocycles. The molecular formula is C18H23N3O2S. The van der Waals surface area contributed by atoms with Gasteiger partial charge in [-0.2, -0.15) is 0 Å². The fraction of sp³-hybridized carbons (Fsp3) is 0.444. The number of benzene rings is 1. The Morgan fingerprint density at radius 3 is 2.88 bits per heavy atom. The van der Waals surface area contributed by atoms with E-state index in [1.807, 2.05) is 37.3 Å². The third kappa shape index (κ3) is 3.76. The maximum atomic E-state index is 12.5. The van der Waals surface area contributed by atoms with E-state index in [-0.39, 0.29) is 18.1 Å². The summed E-state index contributed by atoms with van der Waals surface area (Å²) in [5, 5.41) is 13.3.